The van der Waals surface area contributed by atoms with Crippen molar-refractivity contribution in [3.63, 3.8) is 0 Å². The van der Waals surface area contributed by atoms with Crippen LogP contribution in [0.2, 0.25) is 0 Å². The standard InChI is InChI=1S/C22H27N3O3S/c1-29(27,28)23-21-9-7-20(8-10-21)22(26)25-15-18-11-19(16-25)14-24(13-18)12-17-5-3-2-4-6-17/h2-10,18-19,23H,11-16H2,1H3. The molecule has 2 unspecified atom stereocenters. The average molecular weight is 414 g/mol. The summed E-state index contributed by atoms with van der Waals surface area (Å²) in [5.41, 5.74) is 2.41. The molecule has 0 spiro atoms. The maximum Gasteiger partial charge on any atom is 0.253 e. The molecule has 154 valence electrons. The third kappa shape index (κ3) is 5.16. The fourth-order valence-electron chi connectivity index (χ4n) is 4.60. The topological polar surface area (TPSA) is 69.7 Å². The van der Waals surface area contributed by atoms with E-state index in [-0.39, 0.29) is 5.91 Å². The van der Waals surface area contributed by atoms with Crippen LogP contribution in [0.5, 0.6) is 0 Å². The van der Waals surface area contributed by atoms with Gasteiger partial charge < -0.3 is 4.90 Å². The van der Waals surface area contributed by atoms with Crippen LogP contribution < -0.4 is 4.72 Å². The summed E-state index contributed by atoms with van der Waals surface area (Å²) in [4.78, 5) is 17.5. The van der Waals surface area contributed by atoms with Crippen LogP contribution in [0, 0.1) is 11.8 Å². The molecule has 2 fully saturated rings. The number of nitrogens with zero attached hydrogens (tertiary/aromatic N) is 2. The Morgan fingerprint density at radius 3 is 2.17 bits per heavy atom. The smallest absolute Gasteiger partial charge is 0.253 e. The number of likely N-dealkylation sites (tertiary alicyclic amines) is 2. The summed E-state index contributed by atoms with van der Waals surface area (Å²) in [6, 6.07) is 17.2. The van der Waals surface area contributed by atoms with Crippen LogP contribution in [-0.2, 0) is 16.6 Å². The number of fused-ring (bicyclic) bond motifs is 2. The molecule has 6 nitrogen and oxygen atoms in total. The van der Waals surface area contributed by atoms with Crippen LogP contribution >= 0.6 is 0 Å². The maximum absolute atomic E-state index is 13.0. The van der Waals surface area contributed by atoms with Crippen molar-refractivity contribution < 1.29 is 13.2 Å². The zero-order chi connectivity index (χ0) is 20.4. The van der Waals surface area contributed by atoms with Crippen molar-refractivity contribution in [2.45, 2.75) is 13.0 Å². The molecule has 2 bridgehead atoms. The van der Waals surface area contributed by atoms with Gasteiger partial charge in [0.15, 0.2) is 0 Å². The van der Waals surface area contributed by atoms with E-state index in [2.05, 4.69) is 33.9 Å². The van der Waals surface area contributed by atoms with Crippen LogP contribution in [0.4, 0.5) is 5.69 Å². The number of carbonyl (C=O) groups is 1. The van der Waals surface area contributed by atoms with Crippen molar-refractivity contribution >= 4 is 21.6 Å². The number of hydrogen-bond acceptors (Lipinski definition) is 4. The van der Waals surface area contributed by atoms with E-state index in [1.807, 2.05) is 11.0 Å². The normalized spacial score (nSPS) is 22.3. The van der Waals surface area contributed by atoms with Crippen molar-refractivity contribution in [2.75, 3.05) is 37.2 Å². The summed E-state index contributed by atoms with van der Waals surface area (Å²) in [7, 11) is -3.32. The fraction of sp³-hybridized carbons (Fsp3) is 0.409. The van der Waals surface area contributed by atoms with E-state index in [1.165, 1.54) is 12.0 Å². The van der Waals surface area contributed by atoms with Gasteiger partial charge in [0.05, 0.1) is 6.26 Å². The highest BCUT2D eigenvalue weighted by Crippen LogP contribution is 2.30. The number of anilines is 1. The summed E-state index contributed by atoms with van der Waals surface area (Å²) < 4.78 is 25.1. The van der Waals surface area contributed by atoms with Crippen LogP contribution in [0.3, 0.4) is 0 Å². The van der Waals surface area contributed by atoms with Gasteiger partial charge in [-0.25, -0.2) is 8.42 Å². The Kier molecular flexibility index (Phi) is 5.61. The predicted octanol–water partition coefficient (Wildman–Crippen LogP) is 2.65. The number of benzene rings is 2. The lowest BCUT2D eigenvalue weighted by Gasteiger charge is -2.46. The highest BCUT2D eigenvalue weighted by atomic mass is 32.2. The zero-order valence-electron chi connectivity index (χ0n) is 16.6. The van der Waals surface area contributed by atoms with Gasteiger partial charge in [-0.1, -0.05) is 30.3 Å². The first-order valence-corrected chi connectivity index (χ1v) is 11.9. The van der Waals surface area contributed by atoms with Gasteiger partial charge in [0.2, 0.25) is 10.0 Å². The molecule has 2 aromatic rings. The lowest BCUT2D eigenvalue weighted by Crippen LogP contribution is -2.53. The molecule has 0 radical (unpaired) electrons. The Bertz CT molecular complexity index is 947. The van der Waals surface area contributed by atoms with Crippen molar-refractivity contribution in [1.82, 2.24) is 9.80 Å². The quantitative estimate of drug-likeness (QED) is 0.818. The van der Waals surface area contributed by atoms with Gasteiger partial charge in [-0.15, -0.1) is 0 Å². The molecule has 7 heteroatoms. The zero-order valence-corrected chi connectivity index (χ0v) is 17.4. The first-order chi connectivity index (χ1) is 13.9. The van der Waals surface area contributed by atoms with Crippen LogP contribution in [0.15, 0.2) is 54.6 Å². The molecule has 2 atom stereocenters. The summed E-state index contributed by atoms with van der Waals surface area (Å²) in [6.45, 7) is 4.57. The number of piperidine rings is 2. The van der Waals surface area contributed by atoms with Crippen LogP contribution in [0.25, 0.3) is 0 Å². The van der Waals surface area contributed by atoms with E-state index in [4.69, 9.17) is 0 Å². The van der Waals surface area contributed by atoms with Gasteiger partial charge in [-0.2, -0.15) is 0 Å². The Morgan fingerprint density at radius 1 is 0.966 bits per heavy atom. The van der Waals surface area contributed by atoms with E-state index < -0.39 is 10.0 Å². The third-order valence-corrected chi connectivity index (χ3v) is 6.23. The third-order valence-electron chi connectivity index (χ3n) is 5.63. The predicted molar refractivity (Wildman–Crippen MR) is 114 cm³/mol. The molecule has 0 saturated carbocycles. The lowest BCUT2D eigenvalue weighted by molar-refractivity contribution is 0.0238. The maximum atomic E-state index is 13.0. The van der Waals surface area contributed by atoms with E-state index >= 15 is 0 Å². The molecule has 0 aromatic heterocycles. The molecule has 1 N–H and O–H groups in total. The molecule has 2 heterocycles. The van der Waals surface area contributed by atoms with Crippen LogP contribution in [-0.4, -0.2) is 56.6 Å². The Balaban J connectivity index is 1.37. The van der Waals surface area contributed by atoms with Crippen molar-refractivity contribution in [3.05, 3.63) is 65.7 Å². The van der Waals surface area contributed by atoms with E-state index in [0.29, 0.717) is 23.1 Å². The summed E-state index contributed by atoms with van der Waals surface area (Å²) in [5, 5.41) is 0. The SMILES string of the molecule is CS(=O)(=O)Nc1ccc(C(=O)N2CC3CC(CN(Cc4ccccc4)C3)C2)cc1. The highest BCUT2D eigenvalue weighted by Gasteiger charge is 2.36. The van der Waals surface area contributed by atoms with Crippen LogP contribution in [0.1, 0.15) is 22.3 Å². The molecule has 1 amide bonds. The molecular weight excluding hydrogens is 386 g/mol. The Labute approximate surface area is 172 Å². The van der Waals surface area contributed by atoms with Crippen molar-refractivity contribution in [2.24, 2.45) is 11.8 Å². The molecule has 0 aliphatic carbocycles. The minimum atomic E-state index is -3.32. The van der Waals surface area contributed by atoms with Crippen molar-refractivity contribution in [1.29, 1.82) is 0 Å². The second kappa shape index (κ2) is 8.16. The number of rotatable bonds is 5. The van der Waals surface area contributed by atoms with E-state index in [9.17, 15) is 13.2 Å². The number of hydrogen-bond donors (Lipinski definition) is 1. The number of sulfonamides is 1. The van der Waals surface area contributed by atoms with Gasteiger partial charge >= 0.3 is 0 Å². The fourth-order valence-corrected chi connectivity index (χ4v) is 5.17. The molecule has 29 heavy (non-hydrogen) atoms. The summed E-state index contributed by atoms with van der Waals surface area (Å²) in [6.07, 6.45) is 2.30. The van der Waals surface area contributed by atoms with Gasteiger partial charge in [0.25, 0.3) is 5.91 Å². The van der Waals surface area contributed by atoms with E-state index in [0.717, 1.165) is 39.0 Å². The second-order valence-corrected chi connectivity index (χ2v) is 10.1. The largest absolute Gasteiger partial charge is 0.338 e. The van der Waals surface area contributed by atoms with Gasteiger partial charge in [-0.05, 0) is 48.1 Å². The Morgan fingerprint density at radius 2 is 1.59 bits per heavy atom. The minimum Gasteiger partial charge on any atom is -0.338 e. The molecular formula is C22H27N3O3S. The minimum absolute atomic E-state index is 0.0297. The van der Waals surface area contributed by atoms with Gasteiger partial charge in [0, 0.05) is 44.0 Å². The number of nitrogens with one attached hydrogen (secondary N) is 1. The number of carbonyl (C=O) groups excluding carboxylic acids is 1. The molecule has 2 aromatic carbocycles. The lowest BCUT2D eigenvalue weighted by atomic mass is 9.84. The highest BCUT2D eigenvalue weighted by molar-refractivity contribution is 7.92. The first-order valence-electron chi connectivity index (χ1n) is 9.99. The van der Waals surface area contributed by atoms with E-state index in [1.54, 1.807) is 24.3 Å². The van der Waals surface area contributed by atoms with Gasteiger partial charge in [0.1, 0.15) is 0 Å². The second-order valence-electron chi connectivity index (χ2n) is 8.31. The van der Waals surface area contributed by atoms with Gasteiger partial charge in [-0.3, -0.25) is 14.4 Å². The first kappa shape index (κ1) is 19.9. The molecule has 4 rings (SSSR count). The molecule has 2 aliphatic rings. The Hall–Kier alpha value is -2.38. The van der Waals surface area contributed by atoms with Crippen molar-refractivity contribution in [3.8, 4) is 0 Å². The molecule has 2 saturated heterocycles. The monoisotopic (exact) mass is 413 g/mol. The summed E-state index contributed by atoms with van der Waals surface area (Å²) in [5.74, 6) is 1.03. The molecule has 2 aliphatic heterocycles. The average Bonchev–Trinajstić information content (AvgIpc) is 2.67. The number of amides is 1. The summed E-state index contributed by atoms with van der Waals surface area (Å²) >= 11 is 0.